The molecule has 31 heavy (non-hydrogen) atoms. The van der Waals surface area contributed by atoms with Gasteiger partial charge in [-0.05, 0) is 53.7 Å². The highest BCUT2D eigenvalue weighted by Gasteiger charge is 2.37. The number of halogens is 3. The van der Waals surface area contributed by atoms with E-state index in [1.807, 2.05) is 6.07 Å². The third kappa shape index (κ3) is 5.10. The molecule has 11 heteroatoms. The molecule has 164 valence electrons. The molecule has 2 aliphatic rings. The molecule has 0 unspecified atom stereocenters. The molecule has 0 aliphatic carbocycles. The lowest BCUT2D eigenvalue weighted by Gasteiger charge is -2.28. The fourth-order valence-corrected chi connectivity index (χ4v) is 4.01. The van der Waals surface area contributed by atoms with Crippen molar-refractivity contribution in [3.8, 4) is 0 Å². The third-order valence-corrected chi connectivity index (χ3v) is 5.62. The van der Waals surface area contributed by atoms with Crippen LogP contribution in [0.3, 0.4) is 0 Å². The molecule has 0 atom stereocenters. The van der Waals surface area contributed by atoms with Crippen LogP contribution in [0.25, 0.3) is 0 Å². The zero-order valence-electron chi connectivity index (χ0n) is 16.3. The van der Waals surface area contributed by atoms with Crippen molar-refractivity contribution in [1.29, 1.82) is 0 Å². The molecule has 0 spiro atoms. The Morgan fingerprint density at radius 3 is 2.45 bits per heavy atom. The molecule has 3 amide bonds. The number of aromatic nitrogens is 1. The Balaban J connectivity index is 1.45. The summed E-state index contributed by atoms with van der Waals surface area (Å²) in [6.07, 6.45) is 1.66. The number of carbonyl (C=O) groups is 2. The lowest BCUT2D eigenvalue weighted by atomic mass is 10.2. The Morgan fingerprint density at radius 2 is 1.77 bits per heavy atom. The monoisotopic (exact) mass is 452 g/mol. The second-order valence-corrected chi connectivity index (χ2v) is 8.17. The fourth-order valence-electron chi connectivity index (χ4n) is 3.47. The highest BCUT2D eigenvalue weighted by atomic mass is 32.2. The van der Waals surface area contributed by atoms with Gasteiger partial charge in [-0.2, -0.15) is 13.2 Å². The van der Waals surface area contributed by atoms with Crippen molar-refractivity contribution in [3.05, 3.63) is 48.2 Å². The van der Waals surface area contributed by atoms with Gasteiger partial charge in [0.25, 0.3) is 5.91 Å². The smallest absolute Gasteiger partial charge is 0.378 e. The van der Waals surface area contributed by atoms with Crippen LogP contribution >= 0.6 is 11.8 Å². The van der Waals surface area contributed by atoms with Crippen LogP contribution in [0.4, 0.5) is 29.5 Å². The van der Waals surface area contributed by atoms with Gasteiger partial charge in [-0.15, -0.1) is 0 Å². The number of amides is 3. The molecule has 1 aromatic heterocycles. The fraction of sp³-hybridized carbons (Fsp3) is 0.350. The van der Waals surface area contributed by atoms with E-state index in [0.29, 0.717) is 13.2 Å². The van der Waals surface area contributed by atoms with E-state index in [0.717, 1.165) is 29.4 Å². The number of pyridine rings is 1. The number of nitrogens with zero attached hydrogens (tertiary/aromatic N) is 4. The normalized spacial score (nSPS) is 17.6. The van der Waals surface area contributed by atoms with Gasteiger partial charge in [-0.25, -0.2) is 14.7 Å². The molecule has 0 saturated carbocycles. The van der Waals surface area contributed by atoms with Crippen LogP contribution in [-0.2, 0) is 16.1 Å². The predicted octanol–water partition coefficient (Wildman–Crippen LogP) is 3.50. The Labute approximate surface area is 180 Å². The van der Waals surface area contributed by atoms with E-state index < -0.39 is 17.4 Å². The Bertz CT molecular complexity index is 965. The van der Waals surface area contributed by atoms with E-state index in [1.165, 1.54) is 29.2 Å². The lowest BCUT2D eigenvalue weighted by molar-refractivity contribution is -0.116. The van der Waals surface area contributed by atoms with E-state index >= 15 is 0 Å². The summed E-state index contributed by atoms with van der Waals surface area (Å²) >= 11 is -0.248. The molecule has 0 N–H and O–H groups in total. The van der Waals surface area contributed by atoms with Crippen LogP contribution in [0.2, 0.25) is 0 Å². The second kappa shape index (κ2) is 8.75. The first-order valence-electron chi connectivity index (χ1n) is 9.55. The van der Waals surface area contributed by atoms with Crippen LogP contribution in [0, 0.1) is 0 Å². The Morgan fingerprint density at radius 1 is 1.06 bits per heavy atom. The van der Waals surface area contributed by atoms with Crippen molar-refractivity contribution in [2.75, 3.05) is 42.6 Å². The highest BCUT2D eigenvalue weighted by molar-refractivity contribution is 8.00. The maximum Gasteiger partial charge on any atom is 0.446 e. The SMILES string of the molecule is O=C1CN(Cc2ccnc(N3CCOCC3)c2)C(=O)N1c1ccc(SC(F)(F)F)cc1. The van der Waals surface area contributed by atoms with Gasteiger partial charge in [0.1, 0.15) is 12.4 Å². The topological polar surface area (TPSA) is 66.0 Å². The van der Waals surface area contributed by atoms with Crippen LogP contribution in [0.15, 0.2) is 47.5 Å². The summed E-state index contributed by atoms with van der Waals surface area (Å²) in [6.45, 7) is 2.83. The number of hydrogen-bond acceptors (Lipinski definition) is 6. The quantitative estimate of drug-likeness (QED) is 0.511. The van der Waals surface area contributed by atoms with Crippen molar-refractivity contribution >= 4 is 35.2 Å². The van der Waals surface area contributed by atoms with Crippen LogP contribution < -0.4 is 9.80 Å². The number of hydrogen-bond donors (Lipinski definition) is 0. The molecule has 2 saturated heterocycles. The van der Waals surface area contributed by atoms with Crippen molar-refractivity contribution in [3.63, 3.8) is 0 Å². The number of urea groups is 1. The van der Waals surface area contributed by atoms with Gasteiger partial charge >= 0.3 is 11.5 Å². The van der Waals surface area contributed by atoms with Gasteiger partial charge in [0.05, 0.1) is 18.9 Å². The van der Waals surface area contributed by atoms with Gasteiger partial charge in [-0.1, -0.05) is 0 Å². The molecule has 4 rings (SSSR count). The van der Waals surface area contributed by atoms with Gasteiger partial charge in [-0.3, -0.25) is 4.79 Å². The average molecular weight is 452 g/mol. The van der Waals surface area contributed by atoms with Crippen LogP contribution in [0.5, 0.6) is 0 Å². The maximum absolute atomic E-state index is 12.8. The number of carbonyl (C=O) groups excluding carboxylic acids is 2. The van der Waals surface area contributed by atoms with Crippen LogP contribution in [-0.4, -0.2) is 60.2 Å². The molecule has 7 nitrogen and oxygen atoms in total. The van der Waals surface area contributed by atoms with Gasteiger partial charge in [0, 0.05) is 30.7 Å². The van der Waals surface area contributed by atoms with Crippen molar-refractivity contribution in [2.24, 2.45) is 0 Å². The van der Waals surface area contributed by atoms with Gasteiger partial charge < -0.3 is 14.5 Å². The number of morpholine rings is 1. The van der Waals surface area contributed by atoms with E-state index in [1.54, 1.807) is 12.3 Å². The first-order valence-corrected chi connectivity index (χ1v) is 10.4. The number of anilines is 2. The van der Waals surface area contributed by atoms with E-state index in [9.17, 15) is 22.8 Å². The summed E-state index contributed by atoms with van der Waals surface area (Å²) in [6, 6.07) is 8.34. The molecule has 0 bridgehead atoms. The minimum atomic E-state index is -4.40. The van der Waals surface area contributed by atoms with Crippen molar-refractivity contribution in [1.82, 2.24) is 9.88 Å². The number of alkyl halides is 3. The molecule has 1 aromatic carbocycles. The number of rotatable bonds is 5. The summed E-state index contributed by atoms with van der Waals surface area (Å²) in [5.41, 5.74) is -3.33. The minimum absolute atomic E-state index is 0.0142. The van der Waals surface area contributed by atoms with Gasteiger partial charge in [0.15, 0.2) is 0 Å². The molecular weight excluding hydrogens is 433 g/mol. The third-order valence-electron chi connectivity index (χ3n) is 4.88. The summed E-state index contributed by atoms with van der Waals surface area (Å²) < 4.78 is 42.8. The Kier molecular flexibility index (Phi) is 6.05. The summed E-state index contributed by atoms with van der Waals surface area (Å²) in [5, 5.41) is 0. The first kappa shape index (κ1) is 21.4. The standard InChI is InChI=1S/C20H19F3N4O3S/c21-20(22,23)31-16-3-1-15(2-4-16)27-18(28)13-26(19(27)29)12-14-5-6-24-17(11-14)25-7-9-30-10-8-25/h1-6,11H,7-10,12-13H2. The summed E-state index contributed by atoms with van der Waals surface area (Å²) in [7, 11) is 0. The molecule has 2 aromatic rings. The van der Waals surface area contributed by atoms with Crippen LogP contribution in [0.1, 0.15) is 5.56 Å². The molecular formula is C20H19F3N4O3S. The van der Waals surface area contributed by atoms with Crippen molar-refractivity contribution < 1.29 is 27.5 Å². The molecule has 3 heterocycles. The highest BCUT2D eigenvalue weighted by Crippen LogP contribution is 2.37. The van der Waals surface area contributed by atoms with E-state index in [4.69, 9.17) is 4.74 Å². The number of imide groups is 1. The number of benzene rings is 1. The molecule has 0 radical (unpaired) electrons. The van der Waals surface area contributed by atoms with E-state index in [-0.39, 0.29) is 35.4 Å². The first-order chi connectivity index (χ1) is 14.8. The average Bonchev–Trinajstić information content (AvgIpc) is 3.01. The molecule has 2 aliphatic heterocycles. The zero-order valence-corrected chi connectivity index (χ0v) is 17.2. The predicted molar refractivity (Wildman–Crippen MR) is 109 cm³/mol. The second-order valence-electron chi connectivity index (χ2n) is 7.03. The largest absolute Gasteiger partial charge is 0.446 e. The zero-order chi connectivity index (χ0) is 22.0. The summed E-state index contributed by atoms with van der Waals surface area (Å²) in [5.74, 6) is 0.358. The lowest BCUT2D eigenvalue weighted by Crippen LogP contribution is -2.37. The Hall–Kier alpha value is -2.79. The minimum Gasteiger partial charge on any atom is -0.378 e. The van der Waals surface area contributed by atoms with Gasteiger partial charge in [0.2, 0.25) is 0 Å². The van der Waals surface area contributed by atoms with E-state index in [2.05, 4.69) is 9.88 Å². The molecule has 2 fully saturated rings. The number of thioether (sulfide) groups is 1. The van der Waals surface area contributed by atoms with Crippen molar-refractivity contribution in [2.45, 2.75) is 16.9 Å². The number of ether oxygens (including phenoxy) is 1. The maximum atomic E-state index is 12.8. The summed E-state index contributed by atoms with van der Waals surface area (Å²) in [4.78, 5) is 34.1.